The van der Waals surface area contributed by atoms with Crippen LogP contribution in [0.5, 0.6) is 5.75 Å². The Morgan fingerprint density at radius 1 is 1.15 bits per heavy atom. The highest BCUT2D eigenvalue weighted by Crippen LogP contribution is 2.13. The number of carbonyl (C=O) groups excluding carboxylic acids is 1. The van der Waals surface area contributed by atoms with E-state index in [1.807, 2.05) is 37.3 Å². The van der Waals surface area contributed by atoms with Crippen LogP contribution in [0.3, 0.4) is 0 Å². The number of hydrogen-bond donors (Lipinski definition) is 3. The molecule has 102 valence electrons. The summed E-state index contributed by atoms with van der Waals surface area (Å²) in [5, 5.41) is 14.4. The smallest absolute Gasteiger partial charge is 0.323 e. The van der Waals surface area contributed by atoms with Crippen molar-refractivity contribution in [1.29, 1.82) is 0 Å². The highest BCUT2D eigenvalue weighted by atomic mass is 16.3. The van der Waals surface area contributed by atoms with Gasteiger partial charge in [0.25, 0.3) is 0 Å². The van der Waals surface area contributed by atoms with Crippen molar-refractivity contribution in [2.24, 2.45) is 0 Å². The highest BCUT2D eigenvalue weighted by molar-refractivity contribution is 5.90. The number of carbonyl (C=O) groups is 1. The fourth-order valence-corrected chi connectivity index (χ4v) is 1.70. The van der Waals surface area contributed by atoms with Crippen molar-refractivity contribution < 1.29 is 9.90 Å². The minimum atomic E-state index is -0.334. The first-order valence-electron chi connectivity index (χ1n) is 6.23. The Hall–Kier alpha value is -2.75. The van der Waals surface area contributed by atoms with Crippen LogP contribution in [0, 0.1) is 6.92 Å². The molecule has 2 rings (SSSR count). The number of benzene rings is 2. The predicted octanol–water partition coefficient (Wildman–Crippen LogP) is 3.49. The van der Waals surface area contributed by atoms with E-state index in [-0.39, 0.29) is 11.8 Å². The van der Waals surface area contributed by atoms with Crippen molar-refractivity contribution in [2.45, 2.75) is 6.92 Å². The molecule has 0 radical (unpaired) electrons. The van der Waals surface area contributed by atoms with Crippen LogP contribution >= 0.6 is 0 Å². The number of amides is 2. The fourth-order valence-electron chi connectivity index (χ4n) is 1.70. The number of aromatic hydroxyl groups is 1. The number of aryl methyl sites for hydroxylation is 1. The van der Waals surface area contributed by atoms with Crippen molar-refractivity contribution in [3.8, 4) is 5.75 Å². The van der Waals surface area contributed by atoms with Gasteiger partial charge in [0.1, 0.15) is 5.75 Å². The molecule has 0 saturated heterocycles. The van der Waals surface area contributed by atoms with E-state index in [0.29, 0.717) is 5.69 Å². The van der Waals surface area contributed by atoms with Gasteiger partial charge in [-0.15, -0.1) is 0 Å². The van der Waals surface area contributed by atoms with Crippen LogP contribution in [0.2, 0.25) is 0 Å². The van der Waals surface area contributed by atoms with Gasteiger partial charge in [0.15, 0.2) is 0 Å². The van der Waals surface area contributed by atoms with Crippen molar-refractivity contribution in [1.82, 2.24) is 5.32 Å². The number of hydrogen-bond acceptors (Lipinski definition) is 2. The number of urea groups is 1. The molecule has 0 atom stereocenters. The van der Waals surface area contributed by atoms with Gasteiger partial charge in [-0.2, -0.15) is 0 Å². The summed E-state index contributed by atoms with van der Waals surface area (Å²) in [6.07, 6.45) is 3.41. The molecule has 2 aromatic rings. The Bertz CT molecular complexity index is 619. The molecule has 0 unspecified atom stereocenters. The maximum Gasteiger partial charge on any atom is 0.323 e. The molecule has 0 aromatic heterocycles. The van der Waals surface area contributed by atoms with Crippen LogP contribution in [-0.2, 0) is 0 Å². The molecular weight excluding hydrogens is 252 g/mol. The van der Waals surface area contributed by atoms with Gasteiger partial charge in [0.2, 0.25) is 0 Å². The number of nitrogens with one attached hydrogen (secondary N) is 2. The van der Waals surface area contributed by atoms with Crippen LogP contribution < -0.4 is 10.6 Å². The molecule has 2 amide bonds. The van der Waals surface area contributed by atoms with Crippen molar-refractivity contribution in [2.75, 3.05) is 5.32 Å². The third kappa shape index (κ3) is 4.17. The zero-order valence-corrected chi connectivity index (χ0v) is 11.1. The topological polar surface area (TPSA) is 61.4 Å². The van der Waals surface area contributed by atoms with Crippen LogP contribution in [0.25, 0.3) is 6.08 Å². The van der Waals surface area contributed by atoms with E-state index in [2.05, 4.69) is 10.6 Å². The molecule has 0 aliphatic heterocycles. The van der Waals surface area contributed by atoms with Gasteiger partial charge < -0.3 is 15.7 Å². The third-order valence-electron chi connectivity index (χ3n) is 2.66. The fraction of sp³-hybridized carbons (Fsp3) is 0.0625. The summed E-state index contributed by atoms with van der Waals surface area (Å²) in [6.45, 7) is 2.02. The van der Waals surface area contributed by atoms with E-state index in [4.69, 9.17) is 5.11 Å². The van der Waals surface area contributed by atoms with E-state index < -0.39 is 0 Å². The van der Waals surface area contributed by atoms with E-state index in [9.17, 15) is 4.79 Å². The Morgan fingerprint density at radius 3 is 2.60 bits per heavy atom. The molecule has 0 aliphatic carbocycles. The molecule has 20 heavy (non-hydrogen) atoms. The Morgan fingerprint density at radius 2 is 1.90 bits per heavy atom. The normalized spacial score (nSPS) is 10.4. The van der Waals surface area contributed by atoms with Crippen LogP contribution in [0.1, 0.15) is 11.1 Å². The molecule has 3 N–H and O–H groups in total. The monoisotopic (exact) mass is 268 g/mol. The quantitative estimate of drug-likeness (QED) is 0.746. The van der Waals surface area contributed by atoms with Crippen molar-refractivity contribution in [3.63, 3.8) is 0 Å². The third-order valence-corrected chi connectivity index (χ3v) is 2.66. The van der Waals surface area contributed by atoms with E-state index >= 15 is 0 Å². The summed E-state index contributed by atoms with van der Waals surface area (Å²) < 4.78 is 0. The first-order chi connectivity index (χ1) is 9.63. The van der Waals surface area contributed by atoms with Gasteiger partial charge in [-0.1, -0.05) is 29.8 Å². The lowest BCUT2D eigenvalue weighted by atomic mass is 10.1. The summed E-state index contributed by atoms with van der Waals surface area (Å²) >= 11 is 0. The number of phenolic OH excluding ortho intramolecular Hbond substituents is 1. The van der Waals surface area contributed by atoms with Gasteiger partial charge in [-0.25, -0.2) is 4.79 Å². The lowest BCUT2D eigenvalue weighted by Gasteiger charge is -2.04. The van der Waals surface area contributed by atoms with Gasteiger partial charge in [-0.05, 0) is 42.8 Å². The summed E-state index contributed by atoms with van der Waals surface area (Å²) in [4.78, 5) is 11.6. The molecule has 4 heteroatoms. The lowest BCUT2D eigenvalue weighted by Crippen LogP contribution is -2.23. The largest absolute Gasteiger partial charge is 0.508 e. The van der Waals surface area contributed by atoms with Crippen molar-refractivity contribution in [3.05, 3.63) is 65.9 Å². The summed E-state index contributed by atoms with van der Waals surface area (Å²) in [5.41, 5.74) is 2.81. The molecule has 2 aromatic carbocycles. The van der Waals surface area contributed by atoms with Gasteiger partial charge in [0, 0.05) is 11.9 Å². The maximum atomic E-state index is 11.6. The summed E-state index contributed by atoms with van der Waals surface area (Å²) in [7, 11) is 0. The summed E-state index contributed by atoms with van der Waals surface area (Å²) in [5.74, 6) is 0.162. The van der Waals surface area contributed by atoms with Crippen LogP contribution in [0.4, 0.5) is 10.5 Å². The Labute approximate surface area is 117 Å². The second-order valence-electron chi connectivity index (χ2n) is 4.39. The molecule has 0 saturated carbocycles. The first-order valence-corrected chi connectivity index (χ1v) is 6.23. The number of rotatable bonds is 3. The molecule has 0 fully saturated rings. The minimum absolute atomic E-state index is 0.162. The van der Waals surface area contributed by atoms with Gasteiger partial charge >= 0.3 is 6.03 Å². The maximum absolute atomic E-state index is 11.6. The standard InChI is InChI=1S/C16H16N2O2/c1-12-3-2-4-13(11-12)9-10-17-16(20)18-14-5-7-15(19)8-6-14/h2-11,19H,1H3,(H2,17,18,20)/b10-9+. The first kappa shape index (κ1) is 13.7. The predicted molar refractivity (Wildman–Crippen MR) is 80.5 cm³/mol. The van der Waals surface area contributed by atoms with Gasteiger partial charge in [0.05, 0.1) is 0 Å². The molecule has 0 spiro atoms. The zero-order valence-electron chi connectivity index (χ0n) is 11.1. The number of anilines is 1. The second-order valence-corrected chi connectivity index (χ2v) is 4.39. The highest BCUT2D eigenvalue weighted by Gasteiger charge is 1.98. The Kier molecular flexibility index (Phi) is 4.39. The van der Waals surface area contributed by atoms with Gasteiger partial charge in [-0.3, -0.25) is 0 Å². The average molecular weight is 268 g/mol. The van der Waals surface area contributed by atoms with E-state index in [0.717, 1.165) is 5.56 Å². The molecule has 0 heterocycles. The molecule has 0 aliphatic rings. The lowest BCUT2D eigenvalue weighted by molar-refractivity contribution is 0.255. The SMILES string of the molecule is Cc1cccc(/C=C/NC(=O)Nc2ccc(O)cc2)c1. The zero-order chi connectivity index (χ0) is 14.4. The summed E-state index contributed by atoms with van der Waals surface area (Å²) in [6, 6.07) is 13.9. The second kappa shape index (κ2) is 6.43. The molecule has 4 nitrogen and oxygen atoms in total. The number of phenols is 1. The molecular formula is C16H16N2O2. The van der Waals surface area contributed by atoms with Crippen molar-refractivity contribution >= 4 is 17.8 Å². The van der Waals surface area contributed by atoms with Crippen LogP contribution in [-0.4, -0.2) is 11.1 Å². The van der Waals surface area contributed by atoms with E-state index in [1.165, 1.54) is 17.7 Å². The van der Waals surface area contributed by atoms with Crippen LogP contribution in [0.15, 0.2) is 54.7 Å². The average Bonchev–Trinajstić information content (AvgIpc) is 2.41. The Balaban J connectivity index is 1.87. The molecule has 0 bridgehead atoms. The van der Waals surface area contributed by atoms with E-state index in [1.54, 1.807) is 18.3 Å². The minimum Gasteiger partial charge on any atom is -0.508 e.